The molecule has 2 N–H and O–H groups in total. The Labute approximate surface area is 157 Å². The summed E-state index contributed by atoms with van der Waals surface area (Å²) in [5.41, 5.74) is 2.91. The number of amides is 1. The number of hydrogen-bond donors (Lipinski definition) is 2. The lowest BCUT2D eigenvalue weighted by Gasteiger charge is -2.07. The Morgan fingerprint density at radius 1 is 1.12 bits per heavy atom. The molecule has 6 heteroatoms. The number of nitrogens with zero attached hydrogens (tertiary/aromatic N) is 1. The monoisotopic (exact) mass is 369 g/mol. The van der Waals surface area contributed by atoms with E-state index in [9.17, 15) is 4.79 Å². The maximum absolute atomic E-state index is 12.2. The quantitative estimate of drug-likeness (QED) is 0.648. The van der Waals surface area contributed by atoms with Crippen LogP contribution in [0, 0.1) is 6.92 Å². The van der Waals surface area contributed by atoms with Crippen LogP contribution in [0.3, 0.4) is 0 Å². The van der Waals surface area contributed by atoms with Gasteiger partial charge in [-0.2, -0.15) is 5.10 Å². The van der Waals surface area contributed by atoms with Gasteiger partial charge in [0.25, 0.3) is 0 Å². The predicted molar refractivity (Wildman–Crippen MR) is 103 cm³/mol. The van der Waals surface area contributed by atoms with Crippen LogP contribution in [-0.2, 0) is 17.6 Å². The number of rotatable bonds is 6. The second-order valence-corrected chi connectivity index (χ2v) is 6.39. The summed E-state index contributed by atoms with van der Waals surface area (Å²) in [7, 11) is 0. The van der Waals surface area contributed by atoms with Gasteiger partial charge >= 0.3 is 0 Å². The third kappa shape index (κ3) is 4.43. The van der Waals surface area contributed by atoms with Crippen molar-refractivity contribution in [3.8, 4) is 11.5 Å². The minimum absolute atomic E-state index is 0.103. The summed E-state index contributed by atoms with van der Waals surface area (Å²) in [6, 6.07) is 14.6. The van der Waals surface area contributed by atoms with E-state index < -0.39 is 0 Å². The fourth-order valence-corrected chi connectivity index (χ4v) is 2.70. The molecule has 3 rings (SSSR count). The van der Waals surface area contributed by atoms with Crippen LogP contribution in [0.5, 0.6) is 11.5 Å². The highest BCUT2D eigenvalue weighted by Gasteiger charge is 2.11. The van der Waals surface area contributed by atoms with E-state index in [0.717, 1.165) is 23.2 Å². The van der Waals surface area contributed by atoms with Gasteiger partial charge in [0.1, 0.15) is 11.5 Å². The number of hydrogen-bond acceptors (Lipinski definition) is 3. The summed E-state index contributed by atoms with van der Waals surface area (Å²) in [5.74, 6) is 1.90. The number of carbonyl (C=O) groups is 1. The first-order chi connectivity index (χ1) is 12.5. The fourth-order valence-electron chi connectivity index (χ4n) is 2.58. The molecule has 0 bridgehead atoms. The van der Waals surface area contributed by atoms with Gasteiger partial charge in [0.05, 0.1) is 6.42 Å². The Hall–Kier alpha value is -2.79. The highest BCUT2D eigenvalue weighted by Crippen LogP contribution is 2.23. The summed E-state index contributed by atoms with van der Waals surface area (Å²) in [4.78, 5) is 12.2. The molecule has 0 spiro atoms. The molecule has 5 nitrogen and oxygen atoms in total. The third-order valence-corrected chi connectivity index (χ3v) is 4.31. The molecule has 0 aliphatic heterocycles. The fraction of sp³-hybridized carbons (Fsp3) is 0.200. The van der Waals surface area contributed by atoms with Gasteiger partial charge in [0, 0.05) is 16.3 Å². The Morgan fingerprint density at radius 3 is 2.31 bits per heavy atom. The molecule has 0 saturated heterocycles. The van der Waals surface area contributed by atoms with Crippen molar-refractivity contribution in [3.05, 3.63) is 70.4 Å². The summed E-state index contributed by atoms with van der Waals surface area (Å²) in [5, 5.41) is 10.6. The van der Waals surface area contributed by atoms with Crippen molar-refractivity contribution in [2.75, 3.05) is 5.32 Å². The largest absolute Gasteiger partial charge is 0.457 e. The van der Waals surface area contributed by atoms with E-state index in [2.05, 4.69) is 15.5 Å². The minimum atomic E-state index is -0.103. The first-order valence-electron chi connectivity index (χ1n) is 8.41. The van der Waals surface area contributed by atoms with Gasteiger partial charge in [-0.1, -0.05) is 30.7 Å². The standard InChI is InChI=1S/C20H20ClN3O2/c1-3-18-13(2)20(24-23-18)22-19(25)12-14-4-8-16(9-5-14)26-17-10-6-15(21)7-11-17/h4-11H,3,12H2,1-2H3,(H2,22,23,24,25). The zero-order valence-corrected chi connectivity index (χ0v) is 15.4. The van der Waals surface area contributed by atoms with Crippen molar-refractivity contribution >= 4 is 23.3 Å². The molecule has 1 aromatic heterocycles. The Bertz CT molecular complexity index is 886. The van der Waals surface area contributed by atoms with E-state index >= 15 is 0 Å². The van der Waals surface area contributed by atoms with Crippen molar-refractivity contribution < 1.29 is 9.53 Å². The number of halogens is 1. The molecule has 0 unspecified atom stereocenters. The maximum Gasteiger partial charge on any atom is 0.230 e. The number of aromatic nitrogens is 2. The number of H-pyrrole nitrogens is 1. The molecule has 0 aliphatic rings. The topological polar surface area (TPSA) is 67.0 Å². The summed E-state index contributed by atoms with van der Waals surface area (Å²) in [6.07, 6.45) is 1.12. The van der Waals surface area contributed by atoms with Crippen molar-refractivity contribution in [1.29, 1.82) is 0 Å². The lowest BCUT2D eigenvalue weighted by Crippen LogP contribution is -2.15. The smallest absolute Gasteiger partial charge is 0.230 e. The molecule has 1 amide bonds. The second-order valence-electron chi connectivity index (χ2n) is 5.95. The minimum Gasteiger partial charge on any atom is -0.457 e. The molecular formula is C20H20ClN3O2. The average Bonchev–Trinajstić information content (AvgIpc) is 2.98. The van der Waals surface area contributed by atoms with E-state index in [1.165, 1.54) is 0 Å². The lowest BCUT2D eigenvalue weighted by atomic mass is 10.1. The highest BCUT2D eigenvalue weighted by atomic mass is 35.5. The first-order valence-corrected chi connectivity index (χ1v) is 8.79. The van der Waals surface area contributed by atoms with Gasteiger partial charge < -0.3 is 10.1 Å². The maximum atomic E-state index is 12.2. The van der Waals surface area contributed by atoms with E-state index in [4.69, 9.17) is 16.3 Å². The van der Waals surface area contributed by atoms with E-state index in [-0.39, 0.29) is 12.3 Å². The number of benzene rings is 2. The number of aromatic amines is 1. The van der Waals surface area contributed by atoms with E-state index in [1.54, 1.807) is 24.3 Å². The normalized spacial score (nSPS) is 10.6. The van der Waals surface area contributed by atoms with Gasteiger partial charge in [-0.3, -0.25) is 9.89 Å². The first kappa shape index (κ1) is 18.0. The number of ether oxygens (including phenoxy) is 1. The Kier molecular flexibility index (Phi) is 5.58. The van der Waals surface area contributed by atoms with Crippen LogP contribution in [0.15, 0.2) is 48.5 Å². The van der Waals surface area contributed by atoms with Gasteiger partial charge in [-0.05, 0) is 55.3 Å². The molecule has 2 aromatic carbocycles. The number of nitrogens with one attached hydrogen (secondary N) is 2. The van der Waals surface area contributed by atoms with Crippen molar-refractivity contribution in [2.45, 2.75) is 26.7 Å². The van der Waals surface area contributed by atoms with E-state index in [1.807, 2.05) is 38.1 Å². The Morgan fingerprint density at radius 2 is 1.73 bits per heavy atom. The SMILES string of the molecule is CCc1[nH]nc(NC(=O)Cc2ccc(Oc3ccc(Cl)cc3)cc2)c1C. The molecule has 134 valence electrons. The molecule has 0 fully saturated rings. The number of anilines is 1. The molecular weight excluding hydrogens is 350 g/mol. The Balaban J connectivity index is 1.58. The van der Waals surface area contributed by atoms with Crippen molar-refractivity contribution in [3.63, 3.8) is 0 Å². The van der Waals surface area contributed by atoms with Crippen LogP contribution < -0.4 is 10.1 Å². The molecule has 0 saturated carbocycles. The summed E-state index contributed by atoms with van der Waals surface area (Å²) >= 11 is 5.86. The molecule has 0 atom stereocenters. The predicted octanol–water partition coefficient (Wildman–Crippen LogP) is 4.91. The number of aryl methyl sites for hydroxylation is 1. The van der Waals surface area contributed by atoms with Crippen molar-refractivity contribution in [2.24, 2.45) is 0 Å². The van der Waals surface area contributed by atoms with Crippen LogP contribution in [0.1, 0.15) is 23.7 Å². The van der Waals surface area contributed by atoms with Crippen LogP contribution in [-0.4, -0.2) is 16.1 Å². The highest BCUT2D eigenvalue weighted by molar-refractivity contribution is 6.30. The summed E-state index contributed by atoms with van der Waals surface area (Å²) < 4.78 is 5.75. The van der Waals surface area contributed by atoms with Crippen LogP contribution >= 0.6 is 11.6 Å². The van der Waals surface area contributed by atoms with Crippen LogP contribution in [0.2, 0.25) is 5.02 Å². The zero-order chi connectivity index (χ0) is 18.5. The average molecular weight is 370 g/mol. The van der Waals surface area contributed by atoms with Gasteiger partial charge in [0.2, 0.25) is 5.91 Å². The van der Waals surface area contributed by atoms with Crippen LogP contribution in [0.25, 0.3) is 0 Å². The lowest BCUT2D eigenvalue weighted by molar-refractivity contribution is -0.115. The number of carbonyl (C=O) groups excluding carboxylic acids is 1. The van der Waals surface area contributed by atoms with Gasteiger partial charge in [-0.15, -0.1) is 0 Å². The summed E-state index contributed by atoms with van der Waals surface area (Å²) in [6.45, 7) is 3.99. The third-order valence-electron chi connectivity index (χ3n) is 4.06. The van der Waals surface area contributed by atoms with Gasteiger partial charge in [-0.25, -0.2) is 0 Å². The van der Waals surface area contributed by atoms with E-state index in [0.29, 0.717) is 22.3 Å². The van der Waals surface area contributed by atoms with Gasteiger partial charge in [0.15, 0.2) is 5.82 Å². The van der Waals surface area contributed by atoms with Crippen LogP contribution in [0.4, 0.5) is 5.82 Å². The second kappa shape index (κ2) is 8.06. The molecule has 3 aromatic rings. The zero-order valence-electron chi connectivity index (χ0n) is 14.7. The molecule has 0 aliphatic carbocycles. The van der Waals surface area contributed by atoms with Crippen molar-refractivity contribution in [1.82, 2.24) is 10.2 Å². The molecule has 0 radical (unpaired) electrons. The molecule has 26 heavy (non-hydrogen) atoms. The molecule has 1 heterocycles.